The molecule has 2 heterocycles. The lowest BCUT2D eigenvalue weighted by molar-refractivity contribution is 0.431. The predicted molar refractivity (Wildman–Crippen MR) is 114 cm³/mol. The third-order valence-corrected chi connectivity index (χ3v) is 7.94. The zero-order chi connectivity index (χ0) is 18.3. The fourth-order valence-electron chi connectivity index (χ4n) is 3.67. The number of hydrogen-bond acceptors (Lipinski definition) is 3. The van der Waals surface area contributed by atoms with Gasteiger partial charge in [0.15, 0.2) is 0 Å². The molecule has 0 aliphatic carbocycles. The fraction of sp³-hybridized carbons (Fsp3) is 0.429. The topological polar surface area (TPSA) is 15.7 Å². The summed E-state index contributed by atoms with van der Waals surface area (Å²) in [5, 5.41) is 0. The summed E-state index contributed by atoms with van der Waals surface area (Å²) in [5.74, 6) is 0.942. The van der Waals surface area contributed by atoms with Gasteiger partial charge in [0, 0.05) is 24.8 Å². The Balaban J connectivity index is 1.62. The van der Waals surface area contributed by atoms with Crippen LogP contribution in [0.25, 0.3) is 0 Å². The summed E-state index contributed by atoms with van der Waals surface area (Å²) in [6.45, 7) is 8.91. The van der Waals surface area contributed by atoms with Crippen molar-refractivity contribution in [2.75, 3.05) is 17.8 Å². The first-order valence-electron chi connectivity index (χ1n) is 9.31. The average molecular weight is 433 g/mol. The van der Waals surface area contributed by atoms with Crippen molar-refractivity contribution in [3.8, 4) is 5.75 Å². The molecule has 2 aromatic rings. The molecule has 0 aromatic heterocycles. The molecule has 0 amide bonds. The third kappa shape index (κ3) is 3.52. The van der Waals surface area contributed by atoms with Gasteiger partial charge in [0.25, 0.3) is 8.45 Å². The Kier molecular flexibility index (Phi) is 5.02. The van der Waals surface area contributed by atoms with Crippen LogP contribution in [0, 0.1) is 0 Å². The molecular weight excluding hydrogens is 407 g/mol. The van der Waals surface area contributed by atoms with E-state index < -0.39 is 8.45 Å². The van der Waals surface area contributed by atoms with Gasteiger partial charge in [-0.15, -0.1) is 0 Å². The second-order valence-electron chi connectivity index (χ2n) is 8.12. The van der Waals surface area contributed by atoms with E-state index in [0.29, 0.717) is 6.04 Å². The summed E-state index contributed by atoms with van der Waals surface area (Å²) in [5.41, 5.74) is 2.71. The second-order valence-corrected chi connectivity index (χ2v) is 10.7. The second kappa shape index (κ2) is 7.14. The Morgan fingerprint density at radius 1 is 1.12 bits per heavy atom. The Labute approximate surface area is 166 Å². The van der Waals surface area contributed by atoms with Gasteiger partial charge in [0.05, 0.1) is 4.47 Å². The first kappa shape index (κ1) is 18.3. The van der Waals surface area contributed by atoms with E-state index in [-0.39, 0.29) is 5.41 Å². The van der Waals surface area contributed by atoms with Crippen LogP contribution in [0.4, 0.5) is 5.69 Å². The number of para-hydroxylation sites is 1. The van der Waals surface area contributed by atoms with E-state index in [0.717, 1.165) is 23.3 Å². The van der Waals surface area contributed by atoms with E-state index in [4.69, 9.17) is 4.52 Å². The lowest BCUT2D eigenvalue weighted by Gasteiger charge is -2.29. The number of benzene rings is 2. The lowest BCUT2D eigenvalue weighted by atomic mass is 9.87. The molecule has 0 saturated carbocycles. The number of anilines is 1. The maximum Gasteiger partial charge on any atom is 0.279 e. The third-order valence-electron chi connectivity index (χ3n) is 5.19. The number of nitrogens with zero attached hydrogens (tertiary/aromatic N) is 2. The van der Waals surface area contributed by atoms with Crippen LogP contribution in [0.5, 0.6) is 5.75 Å². The summed E-state index contributed by atoms with van der Waals surface area (Å²) < 4.78 is 12.7. The van der Waals surface area contributed by atoms with Gasteiger partial charge in [0.2, 0.25) is 0 Å². The van der Waals surface area contributed by atoms with Crippen LogP contribution in [-0.4, -0.2) is 23.8 Å². The molecule has 4 rings (SSSR count). The van der Waals surface area contributed by atoms with Crippen LogP contribution >= 0.6 is 24.4 Å². The highest BCUT2D eigenvalue weighted by molar-refractivity contribution is 9.10. The van der Waals surface area contributed by atoms with Gasteiger partial charge < -0.3 is 9.19 Å². The molecule has 2 aliphatic rings. The van der Waals surface area contributed by atoms with E-state index in [1.165, 1.54) is 24.1 Å². The van der Waals surface area contributed by atoms with Crippen molar-refractivity contribution in [1.82, 2.24) is 4.67 Å². The van der Waals surface area contributed by atoms with Gasteiger partial charge in [-0.25, -0.2) is 4.67 Å². The fourth-order valence-corrected chi connectivity index (χ4v) is 6.52. The van der Waals surface area contributed by atoms with Crippen LogP contribution in [0.15, 0.2) is 53.0 Å². The largest absolute Gasteiger partial charge is 0.439 e. The molecule has 2 fully saturated rings. The summed E-state index contributed by atoms with van der Waals surface area (Å²) in [4.78, 5) is 0. The molecule has 5 heteroatoms. The van der Waals surface area contributed by atoms with Crippen LogP contribution < -0.4 is 9.19 Å². The first-order valence-corrected chi connectivity index (χ1v) is 11.3. The molecule has 138 valence electrons. The molecule has 0 unspecified atom stereocenters. The molecule has 26 heavy (non-hydrogen) atoms. The van der Waals surface area contributed by atoms with Gasteiger partial charge in [0.1, 0.15) is 5.75 Å². The molecule has 0 bridgehead atoms. The van der Waals surface area contributed by atoms with E-state index in [1.807, 2.05) is 0 Å². The van der Waals surface area contributed by atoms with Crippen molar-refractivity contribution in [1.29, 1.82) is 0 Å². The molecule has 2 aromatic carbocycles. The highest BCUT2D eigenvalue weighted by atomic mass is 79.9. The number of halogens is 1. The molecule has 2 atom stereocenters. The van der Waals surface area contributed by atoms with E-state index in [9.17, 15) is 0 Å². The van der Waals surface area contributed by atoms with Crippen molar-refractivity contribution in [3.63, 3.8) is 0 Å². The molecular formula is C21H26BrN2OP. The summed E-state index contributed by atoms with van der Waals surface area (Å²) in [7, 11) is -0.819. The minimum atomic E-state index is -0.819. The number of fused-ring (bicyclic) bond motifs is 1. The summed E-state index contributed by atoms with van der Waals surface area (Å²) in [6, 6.07) is 17.8. The summed E-state index contributed by atoms with van der Waals surface area (Å²) in [6.07, 6.45) is 2.55. The van der Waals surface area contributed by atoms with Gasteiger partial charge in [-0.3, -0.25) is 0 Å². The van der Waals surface area contributed by atoms with E-state index in [2.05, 4.69) is 94.6 Å². The SMILES string of the molecule is CC(C)(C)c1ccc(O[P@]2N(c3ccccc3)C[C@@H]3CCCN32)c(Br)c1. The zero-order valence-electron chi connectivity index (χ0n) is 15.7. The Hall–Kier alpha value is -1.09. The van der Waals surface area contributed by atoms with Gasteiger partial charge in [-0.05, 0) is 64.0 Å². The predicted octanol–water partition coefficient (Wildman–Crippen LogP) is 6.34. The number of hydrogen-bond donors (Lipinski definition) is 0. The smallest absolute Gasteiger partial charge is 0.279 e. The normalized spacial score (nSPS) is 23.3. The van der Waals surface area contributed by atoms with Crippen molar-refractivity contribution in [2.24, 2.45) is 0 Å². The van der Waals surface area contributed by atoms with E-state index in [1.54, 1.807) is 0 Å². The molecule has 2 aliphatic heterocycles. The Morgan fingerprint density at radius 2 is 1.88 bits per heavy atom. The Morgan fingerprint density at radius 3 is 2.58 bits per heavy atom. The van der Waals surface area contributed by atoms with Crippen molar-refractivity contribution < 1.29 is 4.52 Å². The molecule has 0 spiro atoms. The monoisotopic (exact) mass is 432 g/mol. The lowest BCUT2D eigenvalue weighted by Crippen LogP contribution is -2.20. The van der Waals surface area contributed by atoms with Crippen LogP contribution in [-0.2, 0) is 5.41 Å². The molecule has 2 saturated heterocycles. The summed E-state index contributed by atoms with van der Waals surface area (Å²) >= 11 is 3.74. The quantitative estimate of drug-likeness (QED) is 0.526. The van der Waals surface area contributed by atoms with Crippen LogP contribution in [0.3, 0.4) is 0 Å². The molecule has 0 radical (unpaired) electrons. The van der Waals surface area contributed by atoms with E-state index >= 15 is 0 Å². The molecule has 0 N–H and O–H groups in total. The van der Waals surface area contributed by atoms with Crippen LogP contribution in [0.2, 0.25) is 0 Å². The standard InChI is InChI=1S/C21H26BrN2OP/c1-21(2,3)16-11-12-20(19(22)14-16)25-26-23-13-7-10-18(23)15-24(26)17-8-5-4-6-9-17/h4-6,8-9,11-12,14,18H,7,10,13,15H2,1-3H3/t18-,26-/m0/s1. The van der Waals surface area contributed by atoms with Gasteiger partial charge in [-0.1, -0.05) is 45.0 Å². The van der Waals surface area contributed by atoms with Crippen molar-refractivity contribution >= 4 is 30.1 Å². The highest BCUT2D eigenvalue weighted by Gasteiger charge is 2.45. The van der Waals surface area contributed by atoms with Crippen molar-refractivity contribution in [3.05, 3.63) is 58.6 Å². The molecule has 3 nitrogen and oxygen atoms in total. The maximum absolute atomic E-state index is 6.62. The maximum atomic E-state index is 6.62. The van der Waals surface area contributed by atoms with Gasteiger partial charge >= 0.3 is 0 Å². The van der Waals surface area contributed by atoms with Crippen molar-refractivity contribution in [2.45, 2.75) is 45.1 Å². The zero-order valence-corrected chi connectivity index (χ0v) is 18.1. The average Bonchev–Trinajstić information content (AvgIpc) is 3.19. The number of rotatable bonds is 3. The Bertz CT molecular complexity index is 777. The van der Waals surface area contributed by atoms with Crippen LogP contribution in [0.1, 0.15) is 39.2 Å². The minimum absolute atomic E-state index is 0.135. The highest BCUT2D eigenvalue weighted by Crippen LogP contribution is 2.57. The minimum Gasteiger partial charge on any atom is -0.439 e. The van der Waals surface area contributed by atoms with Gasteiger partial charge in [-0.2, -0.15) is 0 Å². The first-order chi connectivity index (χ1) is 12.4.